The molecule has 1 aliphatic heterocycles. The van der Waals surface area contributed by atoms with E-state index in [2.05, 4.69) is 20.1 Å². The molecule has 1 amide bonds. The Hall–Kier alpha value is -3.62. The molecule has 0 bridgehead atoms. The van der Waals surface area contributed by atoms with Gasteiger partial charge in [0, 0.05) is 18.2 Å². The number of likely N-dealkylation sites (N-methyl/N-ethyl adjacent to an activating group) is 1. The second-order valence-corrected chi connectivity index (χ2v) is 7.83. The number of methoxy groups -OCH3 is 1. The van der Waals surface area contributed by atoms with Gasteiger partial charge in [0.1, 0.15) is 5.75 Å². The summed E-state index contributed by atoms with van der Waals surface area (Å²) in [6, 6.07) is 9.99. The van der Waals surface area contributed by atoms with Crippen LogP contribution in [0, 0.1) is 11.5 Å². The number of hydrogen-bond donors (Lipinski definition) is 1. The lowest BCUT2D eigenvalue weighted by Gasteiger charge is -2.27. The van der Waals surface area contributed by atoms with Crippen LogP contribution in [0.2, 0.25) is 10.0 Å². The molecule has 0 saturated carbocycles. The van der Waals surface area contributed by atoms with Gasteiger partial charge in [-0.05, 0) is 31.2 Å². The number of aliphatic imine (C=N–C) groups is 1. The van der Waals surface area contributed by atoms with Gasteiger partial charge in [-0.15, -0.1) is 0 Å². The van der Waals surface area contributed by atoms with Crippen molar-refractivity contribution in [1.29, 1.82) is 5.26 Å². The number of amides is 1. The summed E-state index contributed by atoms with van der Waals surface area (Å²) in [5.74, 6) is -0.0950. The summed E-state index contributed by atoms with van der Waals surface area (Å²) in [5, 5.41) is 18.4. The van der Waals surface area contributed by atoms with Gasteiger partial charge < -0.3 is 9.47 Å². The molecule has 184 valence electrons. The van der Waals surface area contributed by atoms with Gasteiger partial charge in [-0.1, -0.05) is 35.3 Å². The first-order chi connectivity index (χ1) is 16.8. The minimum atomic E-state index is -3.00. The van der Waals surface area contributed by atoms with E-state index in [1.54, 1.807) is 37.4 Å². The Morgan fingerprint density at radius 2 is 2.11 bits per heavy atom. The number of guanidine groups is 1. The fraction of sp³-hybridized carbons (Fsp3) is 0.273. The number of benzene rings is 2. The predicted molar refractivity (Wildman–Crippen MR) is 127 cm³/mol. The molecule has 2 aromatic rings. The number of hydrogen-bond acceptors (Lipinski definition) is 6. The average Bonchev–Trinajstić information content (AvgIpc) is 3.25. The molecule has 35 heavy (non-hydrogen) atoms. The van der Waals surface area contributed by atoms with Crippen molar-refractivity contribution in [2.75, 3.05) is 20.2 Å². The van der Waals surface area contributed by atoms with E-state index in [0.29, 0.717) is 27.9 Å². The molecule has 0 aliphatic carbocycles. The zero-order valence-electron chi connectivity index (χ0n) is 18.6. The Bertz CT molecular complexity index is 1190. The molecule has 3 rings (SSSR count). The summed E-state index contributed by atoms with van der Waals surface area (Å²) < 4.78 is 34.5. The molecular weight excluding hydrogens is 505 g/mol. The highest BCUT2D eigenvalue weighted by Crippen LogP contribution is 2.28. The van der Waals surface area contributed by atoms with Gasteiger partial charge in [-0.2, -0.15) is 19.1 Å². The van der Waals surface area contributed by atoms with E-state index in [1.807, 2.05) is 0 Å². The molecular formula is C22H20Cl2F2N6O3. The number of carbonyl (C=O) groups is 1. The van der Waals surface area contributed by atoms with Crippen molar-refractivity contribution in [1.82, 2.24) is 15.2 Å². The van der Waals surface area contributed by atoms with Crippen molar-refractivity contribution >= 4 is 46.7 Å². The smallest absolute Gasteiger partial charge is 0.410 e. The molecule has 0 saturated heterocycles. The van der Waals surface area contributed by atoms with Crippen LogP contribution in [0.15, 0.2) is 52.6 Å². The van der Waals surface area contributed by atoms with Gasteiger partial charge >= 0.3 is 12.7 Å². The van der Waals surface area contributed by atoms with Crippen LogP contribution in [0.1, 0.15) is 12.5 Å². The Kier molecular flexibility index (Phi) is 8.68. The molecule has 0 aromatic heterocycles. The predicted octanol–water partition coefficient (Wildman–Crippen LogP) is 4.83. The van der Waals surface area contributed by atoms with Gasteiger partial charge in [0.25, 0.3) is 0 Å². The molecule has 1 N–H and O–H groups in total. The molecule has 1 atom stereocenters. The van der Waals surface area contributed by atoms with E-state index in [4.69, 9.17) is 27.9 Å². The fourth-order valence-electron chi connectivity index (χ4n) is 3.42. The third-order valence-electron chi connectivity index (χ3n) is 4.92. The molecule has 0 unspecified atom stereocenters. The Labute approximate surface area is 210 Å². The zero-order chi connectivity index (χ0) is 25.5. The lowest BCUT2D eigenvalue weighted by Crippen LogP contribution is -2.48. The van der Waals surface area contributed by atoms with Gasteiger partial charge in [-0.25, -0.2) is 14.8 Å². The molecule has 0 fully saturated rings. The van der Waals surface area contributed by atoms with E-state index in [1.165, 1.54) is 35.2 Å². The second kappa shape index (κ2) is 11.7. The minimum absolute atomic E-state index is 0.00248. The van der Waals surface area contributed by atoms with Crippen molar-refractivity contribution in [3.8, 4) is 11.9 Å². The standard InChI is InChI=1S/C22H20Cl2F2N6O3/c1-3-31(22(33)34-2)18-11-32(30-19(18)13-7-8-16(23)17(24)9-13)21(28-12-27)29-14-5-4-6-15(10-14)35-20(25)26/h4-10,18,20H,3,11H2,1-2H3,(H,28,29)/t18-/m0/s1. The van der Waals surface area contributed by atoms with Crippen LogP contribution in [0.4, 0.5) is 19.3 Å². The number of nitriles is 1. The first-order valence-electron chi connectivity index (χ1n) is 10.2. The first kappa shape index (κ1) is 26.0. The third-order valence-corrected chi connectivity index (χ3v) is 5.66. The Morgan fingerprint density at radius 1 is 1.34 bits per heavy atom. The maximum Gasteiger partial charge on any atom is 0.410 e. The van der Waals surface area contributed by atoms with E-state index in [-0.39, 0.29) is 23.9 Å². The van der Waals surface area contributed by atoms with Crippen LogP contribution < -0.4 is 10.1 Å². The summed E-state index contributed by atoms with van der Waals surface area (Å²) in [5.41, 5.74) is 1.28. The molecule has 0 radical (unpaired) electrons. The van der Waals surface area contributed by atoms with Crippen molar-refractivity contribution < 1.29 is 23.0 Å². The number of hydrazone groups is 1. The molecule has 13 heteroatoms. The monoisotopic (exact) mass is 524 g/mol. The van der Waals surface area contributed by atoms with Crippen LogP contribution >= 0.6 is 23.2 Å². The van der Waals surface area contributed by atoms with Crippen LogP contribution in [0.5, 0.6) is 5.75 Å². The van der Waals surface area contributed by atoms with E-state index in [9.17, 15) is 18.8 Å². The first-order valence-corrected chi connectivity index (χ1v) is 11.0. The number of nitrogens with one attached hydrogen (secondary N) is 1. The fourth-order valence-corrected chi connectivity index (χ4v) is 3.72. The highest BCUT2D eigenvalue weighted by atomic mass is 35.5. The summed E-state index contributed by atoms with van der Waals surface area (Å²) in [4.78, 5) is 18.3. The van der Waals surface area contributed by atoms with Crippen molar-refractivity contribution in [3.05, 3.63) is 58.1 Å². The minimum Gasteiger partial charge on any atom is -0.453 e. The molecule has 1 heterocycles. The summed E-state index contributed by atoms with van der Waals surface area (Å²) >= 11 is 12.3. The summed E-state index contributed by atoms with van der Waals surface area (Å²) in [7, 11) is 1.27. The van der Waals surface area contributed by atoms with Crippen molar-refractivity contribution in [2.24, 2.45) is 10.1 Å². The largest absolute Gasteiger partial charge is 0.453 e. The van der Waals surface area contributed by atoms with E-state index >= 15 is 0 Å². The Balaban J connectivity index is 2.04. The van der Waals surface area contributed by atoms with Crippen LogP contribution in [0.3, 0.4) is 0 Å². The number of nitrogens with zero attached hydrogens (tertiary/aromatic N) is 5. The highest BCUT2D eigenvalue weighted by molar-refractivity contribution is 6.42. The van der Waals surface area contributed by atoms with Gasteiger partial charge in [-0.3, -0.25) is 10.2 Å². The van der Waals surface area contributed by atoms with Crippen molar-refractivity contribution in [2.45, 2.75) is 19.6 Å². The van der Waals surface area contributed by atoms with Crippen molar-refractivity contribution in [3.63, 3.8) is 0 Å². The second-order valence-electron chi connectivity index (χ2n) is 7.02. The third kappa shape index (κ3) is 6.29. The average molecular weight is 525 g/mol. The number of ether oxygens (including phenoxy) is 2. The molecule has 0 spiro atoms. The van der Waals surface area contributed by atoms with Gasteiger partial charge in [0.05, 0.1) is 41.1 Å². The maximum atomic E-state index is 12.6. The lowest BCUT2D eigenvalue weighted by atomic mass is 10.0. The SMILES string of the molecule is CCN(C(=O)OC)[C@H]1CN(C(=Nc2cccc(OC(F)F)c2)NC#N)N=C1c1ccc(Cl)c(Cl)c1. The molecule has 2 aromatic carbocycles. The van der Waals surface area contributed by atoms with E-state index < -0.39 is 18.7 Å². The zero-order valence-corrected chi connectivity index (χ0v) is 20.1. The summed E-state index contributed by atoms with van der Waals surface area (Å²) in [6.45, 7) is -0.805. The normalized spacial score (nSPS) is 15.5. The van der Waals surface area contributed by atoms with Crippen LogP contribution in [-0.4, -0.2) is 60.5 Å². The number of alkyl halides is 2. The van der Waals surface area contributed by atoms with Gasteiger partial charge in [0.2, 0.25) is 5.96 Å². The summed E-state index contributed by atoms with van der Waals surface area (Å²) in [6.07, 6.45) is 1.21. The molecule has 9 nitrogen and oxygen atoms in total. The topological polar surface area (TPSA) is 103 Å². The van der Waals surface area contributed by atoms with Gasteiger partial charge in [0.15, 0.2) is 6.19 Å². The Morgan fingerprint density at radius 3 is 2.74 bits per heavy atom. The highest BCUT2D eigenvalue weighted by Gasteiger charge is 2.37. The number of rotatable bonds is 6. The van der Waals surface area contributed by atoms with Crippen LogP contribution in [-0.2, 0) is 4.74 Å². The lowest BCUT2D eigenvalue weighted by molar-refractivity contribution is -0.0498. The number of carbonyl (C=O) groups excluding carboxylic acids is 1. The quantitative estimate of drug-likeness (QED) is 0.251. The molecule has 1 aliphatic rings. The van der Waals surface area contributed by atoms with Crippen LogP contribution in [0.25, 0.3) is 0 Å². The maximum absolute atomic E-state index is 12.6. The number of halogens is 4. The van der Waals surface area contributed by atoms with E-state index in [0.717, 1.165) is 0 Å².